The maximum atomic E-state index is 12.1. The highest BCUT2D eigenvalue weighted by molar-refractivity contribution is 9.10. The number of nitrogens with zero attached hydrogens (tertiary/aromatic N) is 2. The van der Waals surface area contributed by atoms with Gasteiger partial charge in [0.1, 0.15) is 4.60 Å². The number of aromatic nitrogens is 1. The first kappa shape index (κ1) is 14.4. The third kappa shape index (κ3) is 3.11. The molecular weight excluding hydrogens is 350 g/mol. The van der Waals surface area contributed by atoms with Crippen LogP contribution in [0.5, 0.6) is 0 Å². The molecule has 0 saturated heterocycles. The van der Waals surface area contributed by atoms with Gasteiger partial charge >= 0.3 is 0 Å². The van der Waals surface area contributed by atoms with Gasteiger partial charge in [-0.1, -0.05) is 6.07 Å². The second-order valence-corrected chi connectivity index (χ2v) is 6.14. The third-order valence-electron chi connectivity index (χ3n) is 2.34. The van der Waals surface area contributed by atoms with Crippen molar-refractivity contribution >= 4 is 37.3 Å². The largest absolute Gasteiger partial charge is 0.277 e. The van der Waals surface area contributed by atoms with Gasteiger partial charge in [0.05, 0.1) is 15.5 Å². The average Bonchev–Trinajstić information content (AvgIpc) is 2.41. The molecule has 2 rings (SSSR count). The Morgan fingerprint density at radius 2 is 2.00 bits per heavy atom. The summed E-state index contributed by atoms with van der Waals surface area (Å²) >= 11 is 3.11. The van der Waals surface area contributed by atoms with E-state index in [2.05, 4.69) is 25.6 Å². The zero-order valence-electron chi connectivity index (χ0n) is 9.86. The SMILES string of the molecule is O=[N+]([O-])c1cccc(S(=O)(=O)Nc2cccnc2Br)c1. The molecule has 9 heteroatoms. The summed E-state index contributed by atoms with van der Waals surface area (Å²) in [7, 11) is -3.92. The molecule has 0 aliphatic carbocycles. The second kappa shape index (κ2) is 5.55. The lowest BCUT2D eigenvalue weighted by Crippen LogP contribution is -2.13. The van der Waals surface area contributed by atoms with Crippen LogP contribution < -0.4 is 4.72 Å². The normalized spacial score (nSPS) is 11.1. The fourth-order valence-electron chi connectivity index (χ4n) is 1.43. The monoisotopic (exact) mass is 357 g/mol. The van der Waals surface area contributed by atoms with E-state index < -0.39 is 14.9 Å². The van der Waals surface area contributed by atoms with E-state index in [0.717, 1.165) is 6.07 Å². The highest BCUT2D eigenvalue weighted by Crippen LogP contribution is 2.24. The van der Waals surface area contributed by atoms with Crippen molar-refractivity contribution in [2.24, 2.45) is 0 Å². The van der Waals surface area contributed by atoms with Gasteiger partial charge in [0.15, 0.2) is 0 Å². The van der Waals surface area contributed by atoms with E-state index in [1.807, 2.05) is 0 Å². The third-order valence-corrected chi connectivity index (χ3v) is 4.34. The lowest BCUT2D eigenvalue weighted by atomic mass is 10.3. The van der Waals surface area contributed by atoms with Crippen molar-refractivity contribution < 1.29 is 13.3 Å². The molecule has 0 atom stereocenters. The van der Waals surface area contributed by atoms with Gasteiger partial charge in [0, 0.05) is 18.3 Å². The molecule has 0 spiro atoms. The second-order valence-electron chi connectivity index (χ2n) is 3.70. The van der Waals surface area contributed by atoms with Crippen molar-refractivity contribution in [1.29, 1.82) is 0 Å². The maximum Gasteiger partial charge on any atom is 0.270 e. The predicted molar refractivity (Wildman–Crippen MR) is 75.8 cm³/mol. The Morgan fingerprint density at radius 3 is 2.65 bits per heavy atom. The summed E-state index contributed by atoms with van der Waals surface area (Å²) in [6.07, 6.45) is 1.50. The minimum absolute atomic E-state index is 0.192. The summed E-state index contributed by atoms with van der Waals surface area (Å²) in [6.45, 7) is 0. The summed E-state index contributed by atoms with van der Waals surface area (Å²) in [4.78, 5) is 13.7. The highest BCUT2D eigenvalue weighted by atomic mass is 79.9. The molecule has 0 saturated carbocycles. The molecule has 1 aromatic heterocycles. The van der Waals surface area contributed by atoms with Crippen LogP contribution >= 0.6 is 15.9 Å². The van der Waals surface area contributed by atoms with Crippen molar-refractivity contribution in [3.63, 3.8) is 0 Å². The lowest BCUT2D eigenvalue weighted by Gasteiger charge is -2.08. The van der Waals surface area contributed by atoms with Crippen LogP contribution in [0.3, 0.4) is 0 Å². The van der Waals surface area contributed by atoms with Crippen LogP contribution in [0.25, 0.3) is 0 Å². The number of anilines is 1. The zero-order valence-corrected chi connectivity index (χ0v) is 12.3. The Balaban J connectivity index is 2.38. The summed E-state index contributed by atoms with van der Waals surface area (Å²) in [5.74, 6) is 0. The Morgan fingerprint density at radius 1 is 1.25 bits per heavy atom. The van der Waals surface area contributed by atoms with E-state index in [9.17, 15) is 18.5 Å². The van der Waals surface area contributed by atoms with Gasteiger partial charge in [-0.3, -0.25) is 14.8 Å². The molecule has 1 heterocycles. The van der Waals surface area contributed by atoms with Gasteiger partial charge in [-0.15, -0.1) is 0 Å². The van der Waals surface area contributed by atoms with E-state index in [1.54, 1.807) is 6.07 Å². The first-order valence-electron chi connectivity index (χ1n) is 5.28. The average molecular weight is 358 g/mol. The molecule has 0 bridgehead atoms. The Labute approximate surface area is 123 Å². The molecule has 20 heavy (non-hydrogen) atoms. The molecule has 7 nitrogen and oxygen atoms in total. The first-order valence-corrected chi connectivity index (χ1v) is 7.55. The van der Waals surface area contributed by atoms with E-state index >= 15 is 0 Å². The number of hydrogen-bond acceptors (Lipinski definition) is 5. The van der Waals surface area contributed by atoms with Crippen molar-refractivity contribution in [2.45, 2.75) is 4.90 Å². The van der Waals surface area contributed by atoms with E-state index in [-0.39, 0.29) is 16.3 Å². The van der Waals surface area contributed by atoms with Crippen LogP contribution in [-0.4, -0.2) is 18.3 Å². The quantitative estimate of drug-likeness (QED) is 0.514. The number of nitro benzene ring substituents is 1. The van der Waals surface area contributed by atoms with Crippen LogP contribution in [0.1, 0.15) is 0 Å². The number of hydrogen-bond donors (Lipinski definition) is 1. The van der Waals surface area contributed by atoms with Crippen molar-refractivity contribution in [1.82, 2.24) is 4.98 Å². The highest BCUT2D eigenvalue weighted by Gasteiger charge is 2.18. The fourth-order valence-corrected chi connectivity index (χ4v) is 3.02. The smallest absolute Gasteiger partial charge is 0.270 e. The minimum atomic E-state index is -3.92. The van der Waals surface area contributed by atoms with E-state index in [0.29, 0.717) is 4.60 Å². The topological polar surface area (TPSA) is 102 Å². The number of halogens is 1. The molecular formula is C11H8BrN3O4S. The van der Waals surface area contributed by atoms with Crippen LogP contribution in [0.15, 0.2) is 52.1 Å². The van der Waals surface area contributed by atoms with Gasteiger partial charge in [-0.25, -0.2) is 13.4 Å². The van der Waals surface area contributed by atoms with Crippen LogP contribution in [0.4, 0.5) is 11.4 Å². The molecule has 1 N–H and O–H groups in total. The maximum absolute atomic E-state index is 12.1. The predicted octanol–water partition coefficient (Wildman–Crippen LogP) is 2.55. The van der Waals surface area contributed by atoms with Gasteiger partial charge < -0.3 is 0 Å². The molecule has 104 valence electrons. The molecule has 1 aromatic carbocycles. The van der Waals surface area contributed by atoms with Crippen molar-refractivity contribution in [3.8, 4) is 0 Å². The van der Waals surface area contributed by atoms with Gasteiger partial charge in [-0.05, 0) is 34.1 Å². The molecule has 0 amide bonds. The lowest BCUT2D eigenvalue weighted by molar-refractivity contribution is -0.385. The molecule has 0 aliphatic heterocycles. The Bertz CT molecular complexity index is 764. The standard InChI is InChI=1S/C11H8BrN3O4S/c12-11-10(5-2-6-13-11)14-20(18,19)9-4-1-3-8(7-9)15(16)17/h1-7,14H. The zero-order chi connectivity index (χ0) is 14.8. The van der Waals surface area contributed by atoms with Gasteiger partial charge in [0.25, 0.3) is 15.7 Å². The van der Waals surface area contributed by atoms with Crippen LogP contribution in [0, 0.1) is 10.1 Å². The summed E-state index contributed by atoms with van der Waals surface area (Å²) in [6, 6.07) is 7.89. The number of rotatable bonds is 4. The van der Waals surface area contributed by atoms with Gasteiger partial charge in [0.2, 0.25) is 0 Å². The minimum Gasteiger partial charge on any atom is -0.277 e. The van der Waals surface area contributed by atoms with Crippen molar-refractivity contribution in [2.75, 3.05) is 4.72 Å². The molecule has 0 fully saturated rings. The van der Waals surface area contributed by atoms with E-state index in [1.165, 1.54) is 30.5 Å². The number of benzene rings is 1. The Hall–Kier alpha value is -2.00. The number of sulfonamides is 1. The molecule has 0 unspecified atom stereocenters. The molecule has 2 aromatic rings. The number of nitrogens with one attached hydrogen (secondary N) is 1. The Kier molecular flexibility index (Phi) is 4.00. The number of pyridine rings is 1. The van der Waals surface area contributed by atoms with Gasteiger partial charge in [-0.2, -0.15) is 0 Å². The molecule has 0 radical (unpaired) electrons. The first-order chi connectivity index (χ1) is 9.40. The fraction of sp³-hybridized carbons (Fsp3) is 0. The summed E-state index contributed by atoms with van der Waals surface area (Å²) in [5, 5.41) is 10.7. The van der Waals surface area contributed by atoms with Crippen LogP contribution in [0.2, 0.25) is 0 Å². The summed E-state index contributed by atoms with van der Waals surface area (Å²) in [5.41, 5.74) is -0.0443. The van der Waals surface area contributed by atoms with E-state index in [4.69, 9.17) is 0 Å². The molecule has 0 aliphatic rings. The number of non-ortho nitro benzene ring substituents is 1. The van der Waals surface area contributed by atoms with Crippen molar-refractivity contribution in [3.05, 3.63) is 57.3 Å². The number of nitro groups is 1. The summed E-state index contributed by atoms with van der Waals surface area (Å²) < 4.78 is 26.9. The van der Waals surface area contributed by atoms with Crippen LogP contribution in [-0.2, 0) is 10.0 Å².